The summed E-state index contributed by atoms with van der Waals surface area (Å²) in [5.74, 6) is 0.00180. The van der Waals surface area contributed by atoms with Gasteiger partial charge < -0.3 is 15.0 Å². The zero-order valence-electron chi connectivity index (χ0n) is 14.2. The summed E-state index contributed by atoms with van der Waals surface area (Å²) in [4.78, 5) is 26.0. The van der Waals surface area contributed by atoms with Crippen LogP contribution < -0.4 is 5.32 Å². The van der Waals surface area contributed by atoms with E-state index in [0.717, 1.165) is 31.4 Å². The number of amides is 2. The molecule has 5 nitrogen and oxygen atoms in total. The Kier molecular flexibility index (Phi) is 6.16. The maximum absolute atomic E-state index is 12.7. The molecule has 1 aliphatic heterocycles. The van der Waals surface area contributed by atoms with Crippen molar-refractivity contribution in [2.45, 2.75) is 38.8 Å². The highest BCUT2D eigenvalue weighted by Gasteiger charge is 2.32. The summed E-state index contributed by atoms with van der Waals surface area (Å²) < 4.78 is 5.72. The number of rotatable bonds is 5. The Hall–Kier alpha value is -1.88. The lowest BCUT2D eigenvalue weighted by atomic mass is 9.91. The van der Waals surface area contributed by atoms with E-state index in [1.165, 1.54) is 0 Å². The third-order valence-electron chi connectivity index (χ3n) is 4.40. The van der Waals surface area contributed by atoms with Crippen LogP contribution in [0, 0.1) is 5.92 Å². The number of benzene rings is 1. The van der Waals surface area contributed by atoms with Gasteiger partial charge in [-0.25, -0.2) is 0 Å². The van der Waals surface area contributed by atoms with E-state index in [1.807, 2.05) is 19.2 Å². The molecule has 0 aliphatic carbocycles. The second kappa shape index (κ2) is 8.11. The molecule has 1 aromatic carbocycles. The van der Waals surface area contributed by atoms with E-state index in [4.69, 9.17) is 4.74 Å². The van der Waals surface area contributed by atoms with Gasteiger partial charge in [-0.3, -0.25) is 9.59 Å². The molecule has 1 fully saturated rings. The molecular weight excluding hydrogens is 292 g/mol. The van der Waals surface area contributed by atoms with Crippen LogP contribution in [0.3, 0.4) is 0 Å². The quantitative estimate of drug-likeness (QED) is 0.905. The number of hydrogen-bond acceptors (Lipinski definition) is 3. The topological polar surface area (TPSA) is 58.6 Å². The van der Waals surface area contributed by atoms with Gasteiger partial charge in [-0.1, -0.05) is 19.1 Å². The molecule has 1 aliphatic rings. The number of nitrogens with zero attached hydrogens (tertiary/aromatic N) is 1. The standard InChI is InChI=1S/C18H26N2O3/c1-4-16-15(6-5-11-23-16)18(22)20(3)12-13-7-9-14(10-8-13)17(21)19-2/h7-10,15-16H,4-6,11-12H2,1-3H3,(H,19,21)/t15-,16-/m0/s1. The number of nitrogens with one attached hydrogen (secondary N) is 1. The van der Waals surface area contributed by atoms with Gasteiger partial charge >= 0.3 is 0 Å². The van der Waals surface area contributed by atoms with Crippen LogP contribution in [0.1, 0.15) is 42.1 Å². The Bertz CT molecular complexity index is 542. The van der Waals surface area contributed by atoms with Crippen molar-refractivity contribution in [3.63, 3.8) is 0 Å². The van der Waals surface area contributed by atoms with Crippen molar-refractivity contribution in [2.75, 3.05) is 20.7 Å². The van der Waals surface area contributed by atoms with Crippen molar-refractivity contribution in [2.24, 2.45) is 5.92 Å². The molecule has 0 aromatic heterocycles. The number of carbonyl (C=O) groups is 2. The minimum Gasteiger partial charge on any atom is -0.377 e. The van der Waals surface area contributed by atoms with Crippen molar-refractivity contribution in [1.29, 1.82) is 0 Å². The predicted molar refractivity (Wildman–Crippen MR) is 89.1 cm³/mol. The molecule has 126 valence electrons. The average molecular weight is 318 g/mol. The fourth-order valence-electron chi connectivity index (χ4n) is 3.07. The molecule has 1 aromatic rings. The summed E-state index contributed by atoms with van der Waals surface area (Å²) in [5, 5.41) is 2.60. The minimum absolute atomic E-state index is 0.0364. The van der Waals surface area contributed by atoms with E-state index in [-0.39, 0.29) is 23.8 Å². The molecule has 1 saturated heterocycles. The van der Waals surface area contributed by atoms with Gasteiger partial charge in [0.15, 0.2) is 0 Å². The Balaban J connectivity index is 1.98. The largest absolute Gasteiger partial charge is 0.377 e. The van der Waals surface area contributed by atoms with Crippen LogP contribution in [0.15, 0.2) is 24.3 Å². The van der Waals surface area contributed by atoms with Crippen molar-refractivity contribution < 1.29 is 14.3 Å². The highest BCUT2D eigenvalue weighted by molar-refractivity contribution is 5.93. The highest BCUT2D eigenvalue weighted by Crippen LogP contribution is 2.25. The molecule has 0 saturated carbocycles. The number of hydrogen-bond donors (Lipinski definition) is 1. The van der Waals surface area contributed by atoms with E-state index in [2.05, 4.69) is 12.2 Å². The Morgan fingerprint density at radius 2 is 2.00 bits per heavy atom. The Morgan fingerprint density at radius 1 is 1.30 bits per heavy atom. The van der Waals surface area contributed by atoms with Crippen LogP contribution in [0.2, 0.25) is 0 Å². The summed E-state index contributed by atoms with van der Waals surface area (Å²) in [6.45, 7) is 3.36. The second-order valence-electron chi connectivity index (χ2n) is 6.04. The van der Waals surface area contributed by atoms with Gasteiger partial charge in [-0.15, -0.1) is 0 Å². The van der Waals surface area contributed by atoms with Crippen LogP contribution in [0.5, 0.6) is 0 Å². The van der Waals surface area contributed by atoms with Crippen molar-refractivity contribution in [1.82, 2.24) is 10.2 Å². The van der Waals surface area contributed by atoms with E-state index in [1.54, 1.807) is 24.1 Å². The van der Waals surface area contributed by atoms with E-state index < -0.39 is 0 Å². The summed E-state index contributed by atoms with van der Waals surface area (Å²) in [5.41, 5.74) is 1.63. The Morgan fingerprint density at radius 3 is 2.61 bits per heavy atom. The monoisotopic (exact) mass is 318 g/mol. The molecule has 0 spiro atoms. The predicted octanol–water partition coefficient (Wildman–Crippen LogP) is 2.21. The van der Waals surface area contributed by atoms with Crippen LogP contribution in [0.25, 0.3) is 0 Å². The first kappa shape index (κ1) is 17.5. The fraction of sp³-hybridized carbons (Fsp3) is 0.556. The van der Waals surface area contributed by atoms with E-state index >= 15 is 0 Å². The first-order chi connectivity index (χ1) is 11.1. The zero-order chi connectivity index (χ0) is 16.8. The minimum atomic E-state index is -0.105. The van der Waals surface area contributed by atoms with Gasteiger partial charge in [0.05, 0.1) is 12.0 Å². The SMILES string of the molecule is CC[C@@H]1OCCC[C@@H]1C(=O)N(C)Cc1ccc(C(=O)NC)cc1. The van der Waals surface area contributed by atoms with Gasteiger partial charge in [0.25, 0.3) is 5.91 Å². The maximum Gasteiger partial charge on any atom is 0.251 e. The van der Waals surface area contributed by atoms with Gasteiger partial charge in [0, 0.05) is 32.8 Å². The molecule has 2 rings (SSSR count). The van der Waals surface area contributed by atoms with Gasteiger partial charge in [0.2, 0.25) is 5.91 Å². The highest BCUT2D eigenvalue weighted by atomic mass is 16.5. The zero-order valence-corrected chi connectivity index (χ0v) is 14.2. The molecule has 2 amide bonds. The van der Waals surface area contributed by atoms with Crippen LogP contribution in [-0.4, -0.2) is 43.5 Å². The normalized spacial score (nSPS) is 20.8. The summed E-state index contributed by atoms with van der Waals surface area (Å²) in [7, 11) is 3.44. The lowest BCUT2D eigenvalue weighted by Gasteiger charge is -2.33. The van der Waals surface area contributed by atoms with Crippen molar-refractivity contribution in [3.05, 3.63) is 35.4 Å². The van der Waals surface area contributed by atoms with Gasteiger partial charge in [-0.2, -0.15) is 0 Å². The second-order valence-corrected chi connectivity index (χ2v) is 6.04. The number of carbonyl (C=O) groups excluding carboxylic acids is 2. The van der Waals surface area contributed by atoms with Crippen LogP contribution in [-0.2, 0) is 16.1 Å². The molecule has 23 heavy (non-hydrogen) atoms. The molecule has 1 N–H and O–H groups in total. The average Bonchev–Trinajstić information content (AvgIpc) is 2.60. The maximum atomic E-state index is 12.7. The summed E-state index contributed by atoms with van der Waals surface area (Å²) >= 11 is 0. The third kappa shape index (κ3) is 4.32. The molecule has 0 unspecified atom stereocenters. The number of ether oxygens (including phenoxy) is 1. The Labute approximate surface area is 138 Å². The summed E-state index contributed by atoms with van der Waals surface area (Å²) in [6, 6.07) is 7.35. The van der Waals surface area contributed by atoms with Crippen molar-refractivity contribution in [3.8, 4) is 0 Å². The van der Waals surface area contributed by atoms with Gasteiger partial charge in [0.1, 0.15) is 0 Å². The van der Waals surface area contributed by atoms with Crippen molar-refractivity contribution >= 4 is 11.8 Å². The first-order valence-corrected chi connectivity index (χ1v) is 8.24. The summed E-state index contributed by atoms with van der Waals surface area (Å²) in [6.07, 6.45) is 2.75. The molecule has 2 atom stereocenters. The van der Waals surface area contributed by atoms with Gasteiger partial charge in [-0.05, 0) is 37.0 Å². The molecule has 5 heteroatoms. The molecule has 1 heterocycles. The van der Waals surface area contributed by atoms with Crippen LogP contribution in [0.4, 0.5) is 0 Å². The van der Waals surface area contributed by atoms with E-state index in [9.17, 15) is 9.59 Å². The lowest BCUT2D eigenvalue weighted by Crippen LogP contribution is -2.41. The third-order valence-corrected chi connectivity index (χ3v) is 4.40. The smallest absolute Gasteiger partial charge is 0.251 e. The van der Waals surface area contributed by atoms with Crippen LogP contribution >= 0.6 is 0 Å². The molecule has 0 bridgehead atoms. The first-order valence-electron chi connectivity index (χ1n) is 8.24. The van der Waals surface area contributed by atoms with E-state index in [0.29, 0.717) is 12.1 Å². The lowest BCUT2D eigenvalue weighted by molar-refractivity contribution is -0.144. The fourth-order valence-corrected chi connectivity index (χ4v) is 3.07. The molecular formula is C18H26N2O3. The molecule has 0 radical (unpaired) electrons.